The number of nitrogens with zero attached hydrogens (tertiary/aromatic N) is 2. The van der Waals surface area contributed by atoms with E-state index in [0.29, 0.717) is 10.5 Å². The van der Waals surface area contributed by atoms with Gasteiger partial charge in [-0.3, -0.25) is 10.1 Å². The quantitative estimate of drug-likeness (QED) is 0.473. The van der Waals surface area contributed by atoms with Crippen LogP contribution in [0.25, 0.3) is 0 Å². The number of amides is 1. The summed E-state index contributed by atoms with van der Waals surface area (Å²) in [7, 11) is 0. The van der Waals surface area contributed by atoms with E-state index in [4.69, 9.17) is 10.5 Å². The van der Waals surface area contributed by atoms with Crippen LogP contribution in [0.5, 0.6) is 0 Å². The molecule has 1 rings (SSSR count). The van der Waals surface area contributed by atoms with E-state index in [0.717, 1.165) is 0 Å². The zero-order valence-corrected chi connectivity index (χ0v) is 8.54. The molecule has 0 fully saturated rings. The molecule has 4 nitrogen and oxygen atoms in total. The minimum Gasteiger partial charge on any atom is -0.268 e. The first-order valence-corrected chi connectivity index (χ1v) is 5.06. The van der Waals surface area contributed by atoms with Gasteiger partial charge in [0.15, 0.2) is 6.19 Å². The number of nitrogens with one attached hydrogen (secondary N) is 1. The lowest BCUT2D eigenvalue weighted by Gasteiger charge is -2.04. The number of benzene rings is 1. The van der Waals surface area contributed by atoms with Gasteiger partial charge < -0.3 is 0 Å². The second-order valence-electron chi connectivity index (χ2n) is 2.51. The number of nitriles is 2. The Labute approximate surface area is 91.5 Å². The highest BCUT2D eigenvalue weighted by molar-refractivity contribution is 7.99. The molecule has 5 heteroatoms. The molecule has 0 atom stereocenters. The topological polar surface area (TPSA) is 76.7 Å². The molecule has 0 unspecified atom stereocenters. The molecule has 0 saturated heterocycles. The van der Waals surface area contributed by atoms with Gasteiger partial charge in [0.25, 0.3) is 5.91 Å². The average molecular weight is 217 g/mol. The molecule has 1 aromatic rings. The maximum absolute atomic E-state index is 11.4. The Morgan fingerprint density at radius 3 is 2.80 bits per heavy atom. The molecule has 0 aromatic heterocycles. The molecule has 1 N–H and O–H groups in total. The number of carbonyl (C=O) groups is 1. The second kappa shape index (κ2) is 5.69. The first-order chi connectivity index (χ1) is 7.29. The van der Waals surface area contributed by atoms with E-state index in [1.165, 1.54) is 11.8 Å². The predicted octanol–water partition coefficient (Wildman–Crippen LogP) is 1.51. The minimum absolute atomic E-state index is 0.275. The van der Waals surface area contributed by atoms with Crippen LogP contribution in [0.1, 0.15) is 10.4 Å². The highest BCUT2D eigenvalue weighted by Gasteiger charge is 2.09. The van der Waals surface area contributed by atoms with E-state index in [-0.39, 0.29) is 5.75 Å². The van der Waals surface area contributed by atoms with Crippen molar-refractivity contribution in [3.63, 3.8) is 0 Å². The largest absolute Gasteiger partial charge is 0.268 e. The van der Waals surface area contributed by atoms with Crippen molar-refractivity contribution in [2.45, 2.75) is 4.90 Å². The third kappa shape index (κ3) is 3.01. The molecule has 1 aromatic carbocycles. The van der Waals surface area contributed by atoms with Gasteiger partial charge in [0.2, 0.25) is 0 Å². The zero-order chi connectivity index (χ0) is 11.1. The number of carbonyl (C=O) groups excluding carboxylic acids is 1. The molecule has 1 amide bonds. The SMILES string of the molecule is N#CCSc1ccccc1C(=O)NC#N. The standard InChI is InChI=1S/C10H7N3OS/c11-5-6-15-9-4-2-1-3-8(9)10(14)13-7-12/h1-4H,6H2,(H,13,14). The number of thioether (sulfide) groups is 1. The lowest BCUT2D eigenvalue weighted by atomic mass is 10.2. The molecule has 74 valence electrons. The molecule has 0 radical (unpaired) electrons. The lowest BCUT2D eigenvalue weighted by molar-refractivity contribution is 0.0970. The van der Waals surface area contributed by atoms with Gasteiger partial charge in [0, 0.05) is 4.90 Å². The molecular weight excluding hydrogens is 210 g/mol. The molecular formula is C10H7N3OS. The summed E-state index contributed by atoms with van der Waals surface area (Å²) < 4.78 is 0. The van der Waals surface area contributed by atoms with Crippen LogP contribution in [0.4, 0.5) is 0 Å². The van der Waals surface area contributed by atoms with Crippen LogP contribution in [-0.2, 0) is 0 Å². The molecule has 0 saturated carbocycles. The van der Waals surface area contributed by atoms with Crippen molar-refractivity contribution < 1.29 is 4.79 Å². The van der Waals surface area contributed by atoms with Crippen molar-refractivity contribution in [1.29, 1.82) is 10.5 Å². The third-order valence-corrected chi connectivity index (χ3v) is 2.53. The van der Waals surface area contributed by atoms with Gasteiger partial charge in [0.1, 0.15) is 0 Å². The smallest absolute Gasteiger partial charge is 0.265 e. The summed E-state index contributed by atoms with van der Waals surface area (Å²) in [5.74, 6) is -0.171. The molecule has 0 spiro atoms. The number of hydrogen-bond donors (Lipinski definition) is 1. The maximum atomic E-state index is 11.4. The van der Waals surface area contributed by atoms with E-state index < -0.39 is 5.91 Å². The maximum Gasteiger partial charge on any atom is 0.265 e. The lowest BCUT2D eigenvalue weighted by Crippen LogP contribution is -2.18. The van der Waals surface area contributed by atoms with Crippen molar-refractivity contribution >= 4 is 17.7 Å². The highest BCUT2D eigenvalue weighted by Crippen LogP contribution is 2.21. The Kier molecular flexibility index (Phi) is 4.21. The Balaban J connectivity index is 2.92. The molecule has 0 aliphatic carbocycles. The fraction of sp³-hybridized carbons (Fsp3) is 0.100. The van der Waals surface area contributed by atoms with Gasteiger partial charge in [-0.05, 0) is 12.1 Å². The van der Waals surface area contributed by atoms with Gasteiger partial charge in [-0.1, -0.05) is 12.1 Å². The fourth-order valence-corrected chi connectivity index (χ4v) is 1.72. The summed E-state index contributed by atoms with van der Waals surface area (Å²) >= 11 is 1.27. The monoisotopic (exact) mass is 217 g/mol. The van der Waals surface area contributed by atoms with E-state index in [9.17, 15) is 4.79 Å². The molecule has 15 heavy (non-hydrogen) atoms. The Morgan fingerprint density at radius 2 is 2.13 bits per heavy atom. The minimum atomic E-state index is -0.446. The van der Waals surface area contributed by atoms with Gasteiger partial charge in [-0.15, -0.1) is 11.8 Å². The number of hydrogen-bond acceptors (Lipinski definition) is 4. The van der Waals surface area contributed by atoms with Crippen molar-refractivity contribution in [2.24, 2.45) is 0 Å². The first kappa shape index (κ1) is 11.1. The summed E-state index contributed by atoms with van der Waals surface area (Å²) in [6.45, 7) is 0. The Morgan fingerprint density at radius 1 is 1.40 bits per heavy atom. The van der Waals surface area contributed by atoms with Gasteiger partial charge in [0.05, 0.1) is 17.4 Å². The van der Waals surface area contributed by atoms with Crippen LogP contribution in [0.15, 0.2) is 29.2 Å². The average Bonchev–Trinajstić information content (AvgIpc) is 2.27. The zero-order valence-electron chi connectivity index (χ0n) is 7.73. The van der Waals surface area contributed by atoms with E-state index in [1.807, 2.05) is 11.4 Å². The van der Waals surface area contributed by atoms with Crippen molar-refractivity contribution in [1.82, 2.24) is 5.32 Å². The van der Waals surface area contributed by atoms with Crippen LogP contribution in [0.2, 0.25) is 0 Å². The van der Waals surface area contributed by atoms with E-state index in [1.54, 1.807) is 30.5 Å². The van der Waals surface area contributed by atoms with Crippen LogP contribution >= 0.6 is 11.8 Å². The van der Waals surface area contributed by atoms with Gasteiger partial charge in [-0.2, -0.15) is 10.5 Å². The van der Waals surface area contributed by atoms with Crippen molar-refractivity contribution in [2.75, 3.05) is 5.75 Å². The molecule has 0 bridgehead atoms. The molecule has 0 aliphatic heterocycles. The molecule has 0 aliphatic rings. The molecule has 0 heterocycles. The third-order valence-electron chi connectivity index (χ3n) is 1.59. The summed E-state index contributed by atoms with van der Waals surface area (Å²) in [4.78, 5) is 12.1. The van der Waals surface area contributed by atoms with Crippen molar-refractivity contribution in [3.8, 4) is 12.3 Å². The van der Waals surface area contributed by atoms with Gasteiger partial charge in [-0.25, -0.2) is 0 Å². The van der Waals surface area contributed by atoms with Crippen LogP contribution < -0.4 is 5.32 Å². The van der Waals surface area contributed by atoms with E-state index in [2.05, 4.69) is 0 Å². The summed E-state index contributed by atoms with van der Waals surface area (Å²) in [6, 6.07) is 8.83. The number of rotatable bonds is 3. The highest BCUT2D eigenvalue weighted by atomic mass is 32.2. The Hall–Kier alpha value is -1.98. The predicted molar refractivity (Wildman–Crippen MR) is 55.9 cm³/mol. The van der Waals surface area contributed by atoms with Crippen molar-refractivity contribution in [3.05, 3.63) is 29.8 Å². The summed E-state index contributed by atoms with van der Waals surface area (Å²) in [5, 5.41) is 18.8. The van der Waals surface area contributed by atoms with Gasteiger partial charge >= 0.3 is 0 Å². The van der Waals surface area contributed by atoms with Crippen LogP contribution in [0, 0.1) is 22.8 Å². The van der Waals surface area contributed by atoms with E-state index >= 15 is 0 Å². The summed E-state index contributed by atoms with van der Waals surface area (Å²) in [6.07, 6.45) is 1.58. The normalized spacial score (nSPS) is 8.67. The summed E-state index contributed by atoms with van der Waals surface area (Å²) in [5.41, 5.74) is 0.416. The fourth-order valence-electron chi connectivity index (χ4n) is 1.01. The van der Waals surface area contributed by atoms with Crippen LogP contribution in [-0.4, -0.2) is 11.7 Å². The van der Waals surface area contributed by atoms with Crippen LogP contribution in [0.3, 0.4) is 0 Å². The Bertz CT molecular complexity index is 445. The second-order valence-corrected chi connectivity index (χ2v) is 3.53. The first-order valence-electron chi connectivity index (χ1n) is 4.08.